The first-order chi connectivity index (χ1) is 7.35. The van der Waals surface area contributed by atoms with Gasteiger partial charge in [0.2, 0.25) is 0 Å². The van der Waals surface area contributed by atoms with Crippen molar-refractivity contribution in [3.05, 3.63) is 22.2 Å². The standard InChI is InChI=1S/C11H12Cl2N2S/c1-11(2,3)16-10-14-8-4-6(12)7(13)5-9(8)15-10/h4-5H,1-3H3,(H,14,15). The monoisotopic (exact) mass is 274 g/mol. The number of hydrogen-bond acceptors (Lipinski definition) is 2. The van der Waals surface area contributed by atoms with E-state index in [1.807, 2.05) is 0 Å². The molecule has 0 radical (unpaired) electrons. The molecule has 16 heavy (non-hydrogen) atoms. The van der Waals surface area contributed by atoms with E-state index in [4.69, 9.17) is 23.2 Å². The minimum atomic E-state index is 0.126. The van der Waals surface area contributed by atoms with Gasteiger partial charge in [-0.1, -0.05) is 55.7 Å². The molecule has 86 valence electrons. The van der Waals surface area contributed by atoms with Crippen molar-refractivity contribution in [3.63, 3.8) is 0 Å². The molecule has 0 saturated carbocycles. The molecule has 0 saturated heterocycles. The number of hydrogen-bond donors (Lipinski definition) is 1. The fraction of sp³-hybridized carbons (Fsp3) is 0.364. The van der Waals surface area contributed by atoms with Crippen LogP contribution in [0.3, 0.4) is 0 Å². The summed E-state index contributed by atoms with van der Waals surface area (Å²) in [5, 5.41) is 1.97. The maximum Gasteiger partial charge on any atom is 0.166 e. The van der Waals surface area contributed by atoms with Gasteiger partial charge in [0.1, 0.15) is 0 Å². The Kier molecular flexibility index (Phi) is 3.12. The topological polar surface area (TPSA) is 28.7 Å². The average molecular weight is 275 g/mol. The summed E-state index contributed by atoms with van der Waals surface area (Å²) in [6, 6.07) is 3.58. The van der Waals surface area contributed by atoms with Crippen LogP contribution in [0.15, 0.2) is 17.3 Å². The van der Waals surface area contributed by atoms with Gasteiger partial charge in [0.15, 0.2) is 5.16 Å². The number of nitrogens with one attached hydrogen (secondary N) is 1. The Bertz CT molecular complexity index is 489. The third-order valence-electron chi connectivity index (χ3n) is 1.91. The summed E-state index contributed by atoms with van der Waals surface area (Å²) < 4.78 is 0.126. The number of H-pyrrole nitrogens is 1. The lowest BCUT2D eigenvalue weighted by molar-refractivity contribution is 0.796. The highest BCUT2D eigenvalue weighted by atomic mass is 35.5. The van der Waals surface area contributed by atoms with Crippen LogP contribution in [0.2, 0.25) is 10.0 Å². The summed E-state index contributed by atoms with van der Waals surface area (Å²) in [5.74, 6) is 0. The van der Waals surface area contributed by atoms with Crippen LogP contribution in [-0.2, 0) is 0 Å². The molecular weight excluding hydrogens is 263 g/mol. The number of benzene rings is 1. The number of rotatable bonds is 1. The largest absolute Gasteiger partial charge is 0.333 e. The van der Waals surface area contributed by atoms with Gasteiger partial charge in [-0.3, -0.25) is 0 Å². The van der Waals surface area contributed by atoms with E-state index in [-0.39, 0.29) is 4.75 Å². The van der Waals surface area contributed by atoms with Gasteiger partial charge in [-0.25, -0.2) is 4.98 Å². The summed E-state index contributed by atoms with van der Waals surface area (Å²) in [6.45, 7) is 6.43. The Morgan fingerprint density at radius 1 is 1.19 bits per heavy atom. The highest BCUT2D eigenvalue weighted by Crippen LogP contribution is 2.33. The minimum Gasteiger partial charge on any atom is -0.333 e. The molecule has 2 rings (SSSR count). The number of aromatic nitrogens is 2. The van der Waals surface area contributed by atoms with Crippen molar-refractivity contribution in [1.29, 1.82) is 0 Å². The summed E-state index contributed by atoms with van der Waals surface area (Å²) >= 11 is 13.6. The molecule has 0 amide bonds. The van der Waals surface area contributed by atoms with Crippen LogP contribution < -0.4 is 0 Å². The highest BCUT2D eigenvalue weighted by molar-refractivity contribution is 8.00. The summed E-state index contributed by atoms with van der Waals surface area (Å²) in [6.07, 6.45) is 0. The van der Waals surface area contributed by atoms with Gasteiger partial charge in [0.05, 0.1) is 21.1 Å². The third-order valence-corrected chi connectivity index (χ3v) is 3.63. The summed E-state index contributed by atoms with van der Waals surface area (Å²) in [7, 11) is 0. The molecule has 1 aromatic heterocycles. The van der Waals surface area contributed by atoms with Crippen LogP contribution in [0.5, 0.6) is 0 Å². The van der Waals surface area contributed by atoms with Crippen molar-refractivity contribution in [2.24, 2.45) is 0 Å². The Morgan fingerprint density at radius 2 is 1.81 bits per heavy atom. The molecule has 5 heteroatoms. The molecule has 1 aromatic carbocycles. The Morgan fingerprint density at radius 3 is 2.44 bits per heavy atom. The fourth-order valence-electron chi connectivity index (χ4n) is 1.32. The van der Waals surface area contributed by atoms with E-state index in [0.29, 0.717) is 10.0 Å². The molecule has 1 heterocycles. The van der Waals surface area contributed by atoms with Crippen LogP contribution in [-0.4, -0.2) is 14.7 Å². The molecule has 0 aliphatic rings. The third kappa shape index (κ3) is 2.65. The van der Waals surface area contributed by atoms with E-state index in [9.17, 15) is 0 Å². The number of aromatic amines is 1. The smallest absolute Gasteiger partial charge is 0.166 e. The normalized spacial score (nSPS) is 12.3. The molecular formula is C11H12Cl2N2S. The van der Waals surface area contributed by atoms with E-state index >= 15 is 0 Å². The van der Waals surface area contributed by atoms with E-state index in [1.165, 1.54) is 0 Å². The SMILES string of the molecule is CC(C)(C)Sc1nc2cc(Cl)c(Cl)cc2[nH]1. The molecule has 0 fully saturated rings. The predicted octanol–water partition coefficient (Wildman–Crippen LogP) is 4.76. The quantitative estimate of drug-likeness (QED) is 0.760. The molecule has 0 aliphatic heterocycles. The molecule has 2 nitrogen and oxygen atoms in total. The fourth-order valence-corrected chi connectivity index (χ4v) is 2.53. The van der Waals surface area contributed by atoms with Crippen LogP contribution in [0.4, 0.5) is 0 Å². The molecule has 1 N–H and O–H groups in total. The number of thioether (sulfide) groups is 1. The first-order valence-electron chi connectivity index (χ1n) is 4.89. The second-order valence-corrected chi connectivity index (χ2v) is 7.17. The molecule has 0 atom stereocenters. The van der Waals surface area contributed by atoms with Crippen molar-refractivity contribution in [1.82, 2.24) is 9.97 Å². The van der Waals surface area contributed by atoms with Gasteiger partial charge >= 0.3 is 0 Å². The van der Waals surface area contributed by atoms with E-state index < -0.39 is 0 Å². The van der Waals surface area contributed by atoms with Crippen molar-refractivity contribution in [2.45, 2.75) is 30.7 Å². The van der Waals surface area contributed by atoms with E-state index in [1.54, 1.807) is 23.9 Å². The maximum absolute atomic E-state index is 5.94. The van der Waals surface area contributed by atoms with E-state index in [2.05, 4.69) is 30.7 Å². The van der Waals surface area contributed by atoms with Gasteiger partial charge < -0.3 is 4.98 Å². The zero-order valence-electron chi connectivity index (χ0n) is 9.27. The molecule has 0 spiro atoms. The summed E-state index contributed by atoms with van der Waals surface area (Å²) in [5.41, 5.74) is 1.77. The lowest BCUT2D eigenvalue weighted by Gasteiger charge is -2.14. The Labute approximate surface area is 109 Å². The highest BCUT2D eigenvalue weighted by Gasteiger charge is 2.15. The lowest BCUT2D eigenvalue weighted by atomic mass is 10.3. The Hall–Kier alpha value is -0.380. The second-order valence-electron chi connectivity index (χ2n) is 4.54. The zero-order valence-corrected chi connectivity index (χ0v) is 11.6. The summed E-state index contributed by atoms with van der Waals surface area (Å²) in [4.78, 5) is 7.69. The average Bonchev–Trinajstić information content (AvgIpc) is 2.44. The molecule has 0 bridgehead atoms. The minimum absolute atomic E-state index is 0.126. The van der Waals surface area contributed by atoms with Crippen molar-refractivity contribution >= 4 is 46.0 Å². The maximum atomic E-state index is 5.94. The number of imidazole rings is 1. The number of halogens is 2. The molecule has 2 aromatic rings. The second kappa shape index (κ2) is 4.13. The van der Waals surface area contributed by atoms with Crippen molar-refractivity contribution < 1.29 is 0 Å². The van der Waals surface area contributed by atoms with Gasteiger partial charge in [-0.15, -0.1) is 0 Å². The number of fused-ring (bicyclic) bond motifs is 1. The van der Waals surface area contributed by atoms with Crippen LogP contribution >= 0.6 is 35.0 Å². The van der Waals surface area contributed by atoms with Crippen LogP contribution in [0.25, 0.3) is 11.0 Å². The van der Waals surface area contributed by atoms with Gasteiger partial charge in [-0.2, -0.15) is 0 Å². The van der Waals surface area contributed by atoms with Crippen LogP contribution in [0, 0.1) is 0 Å². The van der Waals surface area contributed by atoms with Crippen molar-refractivity contribution in [3.8, 4) is 0 Å². The first kappa shape index (κ1) is 12.1. The first-order valence-corrected chi connectivity index (χ1v) is 6.46. The molecule has 0 unspecified atom stereocenters. The van der Waals surface area contributed by atoms with Gasteiger partial charge in [-0.05, 0) is 12.1 Å². The van der Waals surface area contributed by atoms with Crippen molar-refractivity contribution in [2.75, 3.05) is 0 Å². The van der Waals surface area contributed by atoms with Gasteiger partial charge in [0, 0.05) is 4.75 Å². The molecule has 0 aliphatic carbocycles. The van der Waals surface area contributed by atoms with Gasteiger partial charge in [0.25, 0.3) is 0 Å². The lowest BCUT2D eigenvalue weighted by Crippen LogP contribution is -2.06. The Balaban J connectivity index is 2.44. The number of nitrogens with zero attached hydrogens (tertiary/aromatic N) is 1. The van der Waals surface area contributed by atoms with E-state index in [0.717, 1.165) is 16.2 Å². The predicted molar refractivity (Wildman–Crippen MR) is 71.7 cm³/mol. The zero-order chi connectivity index (χ0) is 11.9. The van der Waals surface area contributed by atoms with Crippen LogP contribution in [0.1, 0.15) is 20.8 Å².